The molecular weight excluding hydrogens is 360 g/mol. The number of imide groups is 1. The lowest BCUT2D eigenvalue weighted by Gasteiger charge is -2.37. The number of amides is 4. The van der Waals surface area contributed by atoms with Crippen LogP contribution in [0.2, 0.25) is 0 Å². The standard InChI is InChI=1S/C20H32N4O4/c25-17(23-10-12-28-13-11-23)16-6-5-9-22(14-16)15-24-18(26)20(21-19(24)27)7-3-1-2-4-8-20/h16H,1-15H2,(H,21,27). The van der Waals surface area contributed by atoms with Gasteiger partial charge in [0.1, 0.15) is 5.54 Å². The first-order chi connectivity index (χ1) is 13.6. The number of rotatable bonds is 3. The number of urea groups is 1. The number of ether oxygens (including phenoxy) is 1. The Morgan fingerprint density at radius 3 is 2.46 bits per heavy atom. The maximum absolute atomic E-state index is 13.1. The smallest absolute Gasteiger partial charge is 0.326 e. The summed E-state index contributed by atoms with van der Waals surface area (Å²) in [6, 6.07) is -0.270. The zero-order chi connectivity index (χ0) is 19.6. The van der Waals surface area contributed by atoms with Crippen molar-refractivity contribution in [3.05, 3.63) is 0 Å². The lowest BCUT2D eigenvalue weighted by molar-refractivity contribution is -0.142. The van der Waals surface area contributed by atoms with Crippen molar-refractivity contribution in [3.8, 4) is 0 Å². The van der Waals surface area contributed by atoms with Gasteiger partial charge in [-0.3, -0.25) is 14.5 Å². The minimum Gasteiger partial charge on any atom is -0.378 e. The summed E-state index contributed by atoms with van der Waals surface area (Å²) in [6.07, 6.45) is 7.49. The Morgan fingerprint density at radius 2 is 1.75 bits per heavy atom. The number of morpholine rings is 1. The van der Waals surface area contributed by atoms with Gasteiger partial charge in [-0.2, -0.15) is 0 Å². The maximum atomic E-state index is 13.1. The van der Waals surface area contributed by atoms with Crippen molar-refractivity contribution < 1.29 is 19.1 Å². The van der Waals surface area contributed by atoms with Gasteiger partial charge in [0.2, 0.25) is 5.91 Å². The lowest BCUT2D eigenvalue weighted by atomic mass is 9.90. The van der Waals surface area contributed by atoms with Crippen molar-refractivity contribution in [1.82, 2.24) is 20.0 Å². The number of nitrogens with zero attached hydrogens (tertiary/aromatic N) is 3. The molecular formula is C20H32N4O4. The molecule has 0 radical (unpaired) electrons. The summed E-state index contributed by atoms with van der Waals surface area (Å²) in [7, 11) is 0. The summed E-state index contributed by atoms with van der Waals surface area (Å²) in [5, 5.41) is 3.01. The van der Waals surface area contributed by atoms with Crippen LogP contribution in [-0.2, 0) is 14.3 Å². The SMILES string of the molecule is O=C(C1CCCN(CN2C(=O)NC3(CCCCCC3)C2=O)C1)N1CCOCC1. The lowest BCUT2D eigenvalue weighted by Crippen LogP contribution is -2.51. The van der Waals surface area contributed by atoms with Crippen LogP contribution in [0.5, 0.6) is 0 Å². The summed E-state index contributed by atoms with van der Waals surface area (Å²) in [6.45, 7) is 4.24. The Labute approximate surface area is 166 Å². The topological polar surface area (TPSA) is 82.2 Å². The molecule has 4 amide bonds. The number of hydrogen-bond acceptors (Lipinski definition) is 5. The molecule has 4 fully saturated rings. The molecule has 0 aromatic carbocycles. The third-order valence-electron chi connectivity index (χ3n) is 6.72. The van der Waals surface area contributed by atoms with Crippen molar-refractivity contribution in [1.29, 1.82) is 0 Å². The molecule has 0 bridgehead atoms. The van der Waals surface area contributed by atoms with Crippen molar-refractivity contribution in [2.24, 2.45) is 5.92 Å². The molecule has 4 aliphatic rings. The molecule has 8 heteroatoms. The Balaban J connectivity index is 1.37. The summed E-state index contributed by atoms with van der Waals surface area (Å²) in [4.78, 5) is 43.9. The van der Waals surface area contributed by atoms with Crippen molar-refractivity contribution in [2.75, 3.05) is 46.1 Å². The molecule has 0 aromatic rings. The van der Waals surface area contributed by atoms with E-state index in [1.807, 2.05) is 4.90 Å². The Hall–Kier alpha value is -1.67. The van der Waals surface area contributed by atoms with Gasteiger partial charge in [0.05, 0.1) is 25.8 Å². The molecule has 3 heterocycles. The second-order valence-electron chi connectivity index (χ2n) is 8.65. The Morgan fingerprint density at radius 1 is 1.04 bits per heavy atom. The molecule has 4 rings (SSSR count). The predicted octanol–water partition coefficient (Wildman–Crippen LogP) is 1.16. The van der Waals surface area contributed by atoms with Gasteiger partial charge in [-0.15, -0.1) is 0 Å². The minimum absolute atomic E-state index is 0.0561. The summed E-state index contributed by atoms with van der Waals surface area (Å²) < 4.78 is 5.34. The predicted molar refractivity (Wildman–Crippen MR) is 102 cm³/mol. The van der Waals surface area contributed by atoms with Crippen LogP contribution >= 0.6 is 0 Å². The number of piperidine rings is 1. The van der Waals surface area contributed by atoms with Crippen LogP contribution in [0.3, 0.4) is 0 Å². The third kappa shape index (κ3) is 3.89. The number of likely N-dealkylation sites (tertiary alicyclic amines) is 1. The number of hydrogen-bond donors (Lipinski definition) is 1. The number of carbonyl (C=O) groups excluding carboxylic acids is 3. The normalized spacial score (nSPS) is 29.1. The van der Waals surface area contributed by atoms with Gasteiger partial charge < -0.3 is 15.0 Å². The quantitative estimate of drug-likeness (QED) is 0.729. The van der Waals surface area contributed by atoms with E-state index in [9.17, 15) is 14.4 Å². The second-order valence-corrected chi connectivity index (χ2v) is 8.65. The van der Waals surface area contributed by atoms with Crippen molar-refractivity contribution in [2.45, 2.75) is 56.9 Å². The molecule has 3 saturated heterocycles. The van der Waals surface area contributed by atoms with E-state index in [1.54, 1.807) is 0 Å². The minimum atomic E-state index is -0.688. The van der Waals surface area contributed by atoms with E-state index in [1.165, 1.54) is 4.90 Å². The molecule has 1 aliphatic carbocycles. The van der Waals surface area contributed by atoms with Gasteiger partial charge in [-0.05, 0) is 32.2 Å². The summed E-state index contributed by atoms with van der Waals surface area (Å²) in [5.74, 6) is 0.0610. The number of nitrogens with one attached hydrogen (secondary N) is 1. The zero-order valence-electron chi connectivity index (χ0n) is 16.7. The van der Waals surface area contributed by atoms with Crippen LogP contribution in [0.15, 0.2) is 0 Å². The fourth-order valence-corrected chi connectivity index (χ4v) is 5.10. The van der Waals surface area contributed by atoms with E-state index in [2.05, 4.69) is 10.2 Å². The van der Waals surface area contributed by atoms with Gasteiger partial charge >= 0.3 is 6.03 Å². The molecule has 3 aliphatic heterocycles. The van der Waals surface area contributed by atoms with E-state index in [-0.39, 0.29) is 23.8 Å². The molecule has 8 nitrogen and oxygen atoms in total. The van der Waals surface area contributed by atoms with E-state index in [0.717, 1.165) is 57.9 Å². The average Bonchev–Trinajstić information content (AvgIpc) is 2.88. The molecule has 1 atom stereocenters. The zero-order valence-corrected chi connectivity index (χ0v) is 16.7. The molecule has 1 N–H and O–H groups in total. The van der Waals surface area contributed by atoms with E-state index < -0.39 is 5.54 Å². The monoisotopic (exact) mass is 392 g/mol. The largest absolute Gasteiger partial charge is 0.378 e. The van der Waals surface area contributed by atoms with Crippen molar-refractivity contribution >= 4 is 17.8 Å². The summed E-state index contributed by atoms with van der Waals surface area (Å²) >= 11 is 0. The van der Waals surface area contributed by atoms with Gasteiger partial charge in [0.25, 0.3) is 5.91 Å². The van der Waals surface area contributed by atoms with Gasteiger partial charge in [0, 0.05) is 19.6 Å². The Bertz CT molecular complexity index is 611. The molecule has 1 saturated carbocycles. The molecule has 28 heavy (non-hydrogen) atoms. The first-order valence-electron chi connectivity index (χ1n) is 10.8. The first kappa shape index (κ1) is 19.6. The van der Waals surface area contributed by atoms with Gasteiger partial charge in [-0.25, -0.2) is 9.69 Å². The highest BCUT2D eigenvalue weighted by molar-refractivity contribution is 6.07. The van der Waals surface area contributed by atoms with Crippen LogP contribution in [0.25, 0.3) is 0 Å². The van der Waals surface area contributed by atoms with Crippen LogP contribution in [0.1, 0.15) is 51.4 Å². The molecule has 0 aromatic heterocycles. The Kier molecular flexibility index (Phi) is 5.87. The maximum Gasteiger partial charge on any atom is 0.326 e. The highest BCUT2D eigenvalue weighted by atomic mass is 16.5. The number of carbonyl (C=O) groups is 3. The van der Waals surface area contributed by atoms with E-state index in [4.69, 9.17) is 4.74 Å². The van der Waals surface area contributed by atoms with Crippen LogP contribution in [0.4, 0.5) is 4.79 Å². The highest BCUT2D eigenvalue weighted by Gasteiger charge is 2.51. The van der Waals surface area contributed by atoms with Crippen LogP contribution in [-0.4, -0.2) is 84.1 Å². The van der Waals surface area contributed by atoms with Crippen LogP contribution in [0, 0.1) is 5.92 Å². The van der Waals surface area contributed by atoms with Crippen LogP contribution < -0.4 is 5.32 Å². The fraction of sp³-hybridized carbons (Fsp3) is 0.850. The molecule has 1 unspecified atom stereocenters. The van der Waals surface area contributed by atoms with Gasteiger partial charge in [-0.1, -0.05) is 25.7 Å². The average molecular weight is 393 g/mol. The fourth-order valence-electron chi connectivity index (χ4n) is 5.10. The van der Waals surface area contributed by atoms with Gasteiger partial charge in [0.15, 0.2) is 0 Å². The third-order valence-corrected chi connectivity index (χ3v) is 6.72. The molecule has 1 spiro atoms. The van der Waals surface area contributed by atoms with Crippen molar-refractivity contribution in [3.63, 3.8) is 0 Å². The van der Waals surface area contributed by atoms with E-state index in [0.29, 0.717) is 39.5 Å². The van der Waals surface area contributed by atoms with E-state index >= 15 is 0 Å². The first-order valence-corrected chi connectivity index (χ1v) is 10.8. The second kappa shape index (κ2) is 8.37. The highest BCUT2D eigenvalue weighted by Crippen LogP contribution is 2.33. The summed E-state index contributed by atoms with van der Waals surface area (Å²) in [5.41, 5.74) is -0.688. The molecule has 156 valence electrons.